The van der Waals surface area contributed by atoms with Gasteiger partial charge in [0.2, 0.25) is 0 Å². The minimum atomic E-state index is -0.0886. The van der Waals surface area contributed by atoms with E-state index in [9.17, 15) is 4.79 Å². The lowest BCUT2D eigenvalue weighted by Crippen LogP contribution is -1.98. The molecule has 0 saturated heterocycles. The molecule has 2 heteroatoms. The molecule has 0 spiro atoms. The van der Waals surface area contributed by atoms with Crippen molar-refractivity contribution in [1.29, 1.82) is 0 Å². The quantitative estimate of drug-likeness (QED) is 0.356. The summed E-state index contributed by atoms with van der Waals surface area (Å²) < 4.78 is 4.56. The summed E-state index contributed by atoms with van der Waals surface area (Å²) in [5, 5.41) is 0. The molecule has 0 fully saturated rings. The Bertz CT molecular complexity index is 179. The highest BCUT2D eigenvalue weighted by Gasteiger charge is 1.98. The van der Waals surface area contributed by atoms with E-state index in [0.29, 0.717) is 6.42 Å². The summed E-state index contributed by atoms with van der Waals surface area (Å²) in [4.78, 5) is 10.8. The van der Waals surface area contributed by atoms with E-state index in [-0.39, 0.29) is 5.97 Å². The number of ether oxygens (including phenoxy) is 1. The van der Waals surface area contributed by atoms with Gasteiger partial charge in [0.05, 0.1) is 7.11 Å². The van der Waals surface area contributed by atoms with Gasteiger partial charge < -0.3 is 4.74 Å². The molecule has 0 amide bonds. The predicted octanol–water partition coefficient (Wildman–Crippen LogP) is 3.47. The van der Waals surface area contributed by atoms with E-state index >= 15 is 0 Å². The van der Waals surface area contributed by atoms with Crippen molar-refractivity contribution in [1.82, 2.24) is 0 Å². The van der Waals surface area contributed by atoms with Crippen LogP contribution in [-0.4, -0.2) is 13.1 Å². The third-order valence-corrected chi connectivity index (χ3v) is 2.12. The average Bonchev–Trinajstić information content (AvgIpc) is 2.15. The monoisotopic (exact) mass is 198 g/mol. The number of hydrogen-bond acceptors (Lipinski definition) is 2. The number of hydrogen-bond donors (Lipinski definition) is 0. The molecular formula is C12H22O2. The Morgan fingerprint density at radius 1 is 1.14 bits per heavy atom. The first kappa shape index (κ1) is 13.2. The second kappa shape index (κ2) is 8.79. The maximum absolute atomic E-state index is 10.8. The maximum atomic E-state index is 10.8. The van der Waals surface area contributed by atoms with Crippen LogP contribution in [0.2, 0.25) is 0 Å². The summed E-state index contributed by atoms with van der Waals surface area (Å²) in [6.07, 6.45) is 8.53. The van der Waals surface area contributed by atoms with Gasteiger partial charge in [-0.2, -0.15) is 0 Å². The Labute approximate surface area is 87.3 Å². The molecule has 0 atom stereocenters. The summed E-state index contributed by atoms with van der Waals surface area (Å²) in [5.74, 6) is -0.0886. The van der Waals surface area contributed by atoms with Crippen molar-refractivity contribution < 1.29 is 9.53 Å². The van der Waals surface area contributed by atoms with Gasteiger partial charge in [0, 0.05) is 6.42 Å². The summed E-state index contributed by atoms with van der Waals surface area (Å²) in [5.41, 5.74) is 1.39. The Morgan fingerprint density at radius 3 is 2.36 bits per heavy atom. The van der Waals surface area contributed by atoms with Crippen LogP contribution in [-0.2, 0) is 9.53 Å². The maximum Gasteiger partial charge on any atom is 0.305 e. The molecule has 0 aromatic heterocycles. The van der Waals surface area contributed by atoms with Crippen LogP contribution in [0.4, 0.5) is 0 Å². The fourth-order valence-electron chi connectivity index (χ4n) is 1.26. The van der Waals surface area contributed by atoms with Gasteiger partial charge in [-0.15, -0.1) is 0 Å². The molecule has 0 N–H and O–H groups in total. The fraction of sp³-hybridized carbons (Fsp3) is 0.750. The van der Waals surface area contributed by atoms with Gasteiger partial charge >= 0.3 is 5.97 Å². The third-order valence-electron chi connectivity index (χ3n) is 2.12. The van der Waals surface area contributed by atoms with Crippen molar-refractivity contribution in [2.24, 2.45) is 0 Å². The van der Waals surface area contributed by atoms with E-state index in [1.807, 2.05) is 0 Å². The van der Waals surface area contributed by atoms with Crippen LogP contribution in [0, 0.1) is 0 Å². The van der Waals surface area contributed by atoms with E-state index in [2.05, 4.69) is 24.7 Å². The van der Waals surface area contributed by atoms with Crippen LogP contribution < -0.4 is 0 Å². The minimum Gasteiger partial charge on any atom is -0.469 e. The van der Waals surface area contributed by atoms with Crippen LogP contribution in [0.15, 0.2) is 11.6 Å². The first-order valence-electron chi connectivity index (χ1n) is 5.37. The van der Waals surface area contributed by atoms with E-state index in [1.54, 1.807) is 0 Å². The number of esters is 1. The highest BCUT2D eigenvalue weighted by Crippen LogP contribution is 2.07. The number of methoxy groups -OCH3 is 1. The minimum absolute atomic E-state index is 0.0886. The lowest BCUT2D eigenvalue weighted by Gasteiger charge is -1.99. The SMILES string of the molecule is COC(=O)CCCCCCC=C(C)C. The molecule has 14 heavy (non-hydrogen) atoms. The average molecular weight is 198 g/mol. The smallest absolute Gasteiger partial charge is 0.305 e. The third kappa shape index (κ3) is 9.30. The lowest BCUT2D eigenvalue weighted by atomic mass is 10.1. The highest BCUT2D eigenvalue weighted by atomic mass is 16.5. The molecule has 0 bridgehead atoms. The first-order valence-corrected chi connectivity index (χ1v) is 5.37. The van der Waals surface area contributed by atoms with Gasteiger partial charge in [-0.25, -0.2) is 0 Å². The standard InChI is InChI=1S/C12H22O2/c1-11(2)9-7-5-4-6-8-10-12(13)14-3/h9H,4-8,10H2,1-3H3. The molecule has 0 aliphatic rings. The van der Waals surface area contributed by atoms with Gasteiger partial charge in [0.15, 0.2) is 0 Å². The molecule has 82 valence electrons. The molecule has 0 heterocycles. The lowest BCUT2D eigenvalue weighted by molar-refractivity contribution is -0.140. The Morgan fingerprint density at radius 2 is 1.79 bits per heavy atom. The molecule has 0 saturated carbocycles. The number of carbonyl (C=O) groups excluding carboxylic acids is 1. The second-order valence-electron chi connectivity index (χ2n) is 3.81. The van der Waals surface area contributed by atoms with Gasteiger partial charge in [0.25, 0.3) is 0 Å². The summed E-state index contributed by atoms with van der Waals surface area (Å²) in [6.45, 7) is 4.24. The van der Waals surface area contributed by atoms with Crippen LogP contribution in [0.5, 0.6) is 0 Å². The topological polar surface area (TPSA) is 26.3 Å². The van der Waals surface area contributed by atoms with Gasteiger partial charge in [-0.05, 0) is 33.1 Å². The van der Waals surface area contributed by atoms with Crippen molar-refractivity contribution in [3.8, 4) is 0 Å². The molecule has 0 aromatic rings. The molecule has 0 rings (SSSR count). The van der Waals surface area contributed by atoms with Gasteiger partial charge in [-0.1, -0.05) is 24.5 Å². The molecule has 0 aromatic carbocycles. The van der Waals surface area contributed by atoms with Crippen LogP contribution in [0.25, 0.3) is 0 Å². The van der Waals surface area contributed by atoms with Crippen molar-refractivity contribution in [2.75, 3.05) is 7.11 Å². The van der Waals surface area contributed by atoms with E-state index in [4.69, 9.17) is 0 Å². The van der Waals surface area contributed by atoms with Crippen LogP contribution >= 0.6 is 0 Å². The van der Waals surface area contributed by atoms with Gasteiger partial charge in [0.1, 0.15) is 0 Å². The van der Waals surface area contributed by atoms with Crippen LogP contribution in [0.1, 0.15) is 52.4 Å². The van der Waals surface area contributed by atoms with E-state index in [0.717, 1.165) is 12.8 Å². The Balaban J connectivity index is 3.14. The summed E-state index contributed by atoms with van der Waals surface area (Å²) in [7, 11) is 1.44. The molecular weight excluding hydrogens is 176 g/mol. The summed E-state index contributed by atoms with van der Waals surface area (Å²) >= 11 is 0. The zero-order chi connectivity index (χ0) is 10.8. The number of unbranched alkanes of at least 4 members (excludes halogenated alkanes) is 4. The van der Waals surface area contributed by atoms with Crippen LogP contribution in [0.3, 0.4) is 0 Å². The van der Waals surface area contributed by atoms with Crippen molar-refractivity contribution in [2.45, 2.75) is 52.4 Å². The van der Waals surface area contributed by atoms with Crippen molar-refractivity contribution in [3.05, 3.63) is 11.6 Å². The second-order valence-corrected chi connectivity index (χ2v) is 3.81. The normalized spacial score (nSPS) is 9.64. The predicted molar refractivity (Wildman–Crippen MR) is 59.1 cm³/mol. The number of allylic oxidation sites excluding steroid dienone is 2. The Kier molecular flexibility index (Phi) is 8.30. The number of rotatable bonds is 7. The molecule has 0 unspecified atom stereocenters. The van der Waals surface area contributed by atoms with Crippen molar-refractivity contribution >= 4 is 5.97 Å². The van der Waals surface area contributed by atoms with Crippen molar-refractivity contribution in [3.63, 3.8) is 0 Å². The molecule has 0 aliphatic carbocycles. The molecule has 0 radical (unpaired) electrons. The van der Waals surface area contributed by atoms with Gasteiger partial charge in [-0.3, -0.25) is 4.79 Å². The molecule has 2 nitrogen and oxygen atoms in total. The fourth-order valence-corrected chi connectivity index (χ4v) is 1.26. The Hall–Kier alpha value is -0.790. The summed E-state index contributed by atoms with van der Waals surface area (Å²) in [6, 6.07) is 0. The zero-order valence-corrected chi connectivity index (χ0v) is 9.64. The molecule has 0 aliphatic heterocycles. The van der Waals surface area contributed by atoms with E-state index in [1.165, 1.54) is 31.9 Å². The first-order chi connectivity index (χ1) is 6.66. The number of carbonyl (C=O) groups is 1. The zero-order valence-electron chi connectivity index (χ0n) is 9.64. The van der Waals surface area contributed by atoms with E-state index < -0.39 is 0 Å². The largest absolute Gasteiger partial charge is 0.469 e. The highest BCUT2D eigenvalue weighted by molar-refractivity contribution is 5.68.